The standard InChI is InChI=1S/C24H24N2O5/c1-28-21-11-10-18(13-23(21)29-2)20-14-19(31-25-20)16-26(15-17-7-4-3-5-8-17)24(27)22-9-6-12-30-22/h3-13,19H,14-16H2,1-2H3/t19-/m0/s1. The SMILES string of the molecule is COc1ccc(C2=NO[C@H](CN(Cc3ccccc3)C(=O)c3ccco3)C2)cc1OC. The lowest BCUT2D eigenvalue weighted by atomic mass is 10.0. The Hall–Kier alpha value is -3.74. The summed E-state index contributed by atoms with van der Waals surface area (Å²) in [6.45, 7) is 0.834. The van der Waals surface area contributed by atoms with E-state index in [0.29, 0.717) is 36.8 Å². The van der Waals surface area contributed by atoms with Crippen LogP contribution in [0.3, 0.4) is 0 Å². The molecule has 31 heavy (non-hydrogen) atoms. The molecule has 3 aromatic rings. The number of furan rings is 1. The van der Waals surface area contributed by atoms with E-state index in [4.69, 9.17) is 18.7 Å². The number of hydrogen-bond donors (Lipinski definition) is 0. The molecule has 0 unspecified atom stereocenters. The van der Waals surface area contributed by atoms with Gasteiger partial charge >= 0.3 is 0 Å². The molecule has 0 aliphatic carbocycles. The first-order valence-corrected chi connectivity index (χ1v) is 9.99. The highest BCUT2D eigenvalue weighted by atomic mass is 16.6. The number of nitrogens with zero attached hydrogens (tertiary/aromatic N) is 2. The van der Waals surface area contributed by atoms with Gasteiger partial charge in [0.2, 0.25) is 0 Å². The molecule has 1 aromatic heterocycles. The summed E-state index contributed by atoms with van der Waals surface area (Å²) >= 11 is 0. The number of amides is 1. The third-order valence-corrected chi connectivity index (χ3v) is 5.11. The zero-order chi connectivity index (χ0) is 21.6. The molecule has 0 fully saturated rings. The molecule has 1 atom stereocenters. The van der Waals surface area contributed by atoms with E-state index in [0.717, 1.165) is 16.8 Å². The fraction of sp³-hybridized carbons (Fsp3) is 0.250. The van der Waals surface area contributed by atoms with Crippen LogP contribution in [0.5, 0.6) is 11.5 Å². The summed E-state index contributed by atoms with van der Waals surface area (Å²) in [6.07, 6.45) is 1.82. The molecule has 0 saturated heterocycles. The monoisotopic (exact) mass is 420 g/mol. The van der Waals surface area contributed by atoms with E-state index in [1.165, 1.54) is 6.26 Å². The molecule has 1 aliphatic heterocycles. The molecule has 2 aromatic carbocycles. The number of carbonyl (C=O) groups is 1. The molecule has 160 valence electrons. The summed E-state index contributed by atoms with van der Waals surface area (Å²) in [7, 11) is 3.19. The molecular weight excluding hydrogens is 396 g/mol. The molecule has 0 radical (unpaired) electrons. The van der Waals surface area contributed by atoms with Gasteiger partial charge in [0.15, 0.2) is 23.4 Å². The smallest absolute Gasteiger partial charge is 0.289 e. The van der Waals surface area contributed by atoms with E-state index in [1.807, 2.05) is 48.5 Å². The number of methoxy groups -OCH3 is 2. The molecule has 2 heterocycles. The van der Waals surface area contributed by atoms with Crippen LogP contribution in [0.15, 0.2) is 76.5 Å². The number of oxime groups is 1. The molecule has 0 spiro atoms. The van der Waals surface area contributed by atoms with Crippen LogP contribution in [0.4, 0.5) is 0 Å². The lowest BCUT2D eigenvalue weighted by Crippen LogP contribution is -2.37. The first kappa shape index (κ1) is 20.5. The topological polar surface area (TPSA) is 73.5 Å². The zero-order valence-electron chi connectivity index (χ0n) is 17.5. The van der Waals surface area contributed by atoms with Gasteiger partial charge in [-0.15, -0.1) is 0 Å². The summed E-state index contributed by atoms with van der Waals surface area (Å²) in [6, 6.07) is 18.8. The molecule has 0 saturated carbocycles. The summed E-state index contributed by atoms with van der Waals surface area (Å²) in [5.74, 6) is 1.40. The Bertz CT molecular complexity index is 1050. The lowest BCUT2D eigenvalue weighted by molar-refractivity contribution is 0.0387. The Kier molecular flexibility index (Phi) is 6.21. The molecule has 4 rings (SSSR count). The maximum atomic E-state index is 13.0. The van der Waals surface area contributed by atoms with Gasteiger partial charge in [-0.1, -0.05) is 35.5 Å². The van der Waals surface area contributed by atoms with Gasteiger partial charge in [-0.05, 0) is 35.9 Å². The number of ether oxygens (including phenoxy) is 2. The minimum absolute atomic E-state index is 0.183. The lowest BCUT2D eigenvalue weighted by Gasteiger charge is -2.24. The highest BCUT2D eigenvalue weighted by Crippen LogP contribution is 2.29. The van der Waals surface area contributed by atoms with E-state index < -0.39 is 0 Å². The molecule has 1 amide bonds. The van der Waals surface area contributed by atoms with Crippen molar-refractivity contribution in [1.29, 1.82) is 0 Å². The predicted molar refractivity (Wildman–Crippen MR) is 115 cm³/mol. The van der Waals surface area contributed by atoms with Gasteiger partial charge in [0.1, 0.15) is 0 Å². The number of carbonyl (C=O) groups excluding carboxylic acids is 1. The van der Waals surface area contributed by atoms with Crippen LogP contribution in [-0.2, 0) is 11.4 Å². The van der Waals surface area contributed by atoms with Crippen molar-refractivity contribution in [2.45, 2.75) is 19.1 Å². The van der Waals surface area contributed by atoms with E-state index in [2.05, 4.69) is 5.16 Å². The van der Waals surface area contributed by atoms with Gasteiger partial charge in [0.25, 0.3) is 5.91 Å². The molecular formula is C24H24N2O5. The molecule has 1 aliphatic rings. The third-order valence-electron chi connectivity index (χ3n) is 5.11. The van der Waals surface area contributed by atoms with Crippen molar-refractivity contribution in [2.75, 3.05) is 20.8 Å². The average Bonchev–Trinajstić information content (AvgIpc) is 3.51. The number of hydrogen-bond acceptors (Lipinski definition) is 6. The van der Waals surface area contributed by atoms with Gasteiger partial charge in [-0.25, -0.2) is 0 Å². The summed E-state index contributed by atoms with van der Waals surface area (Å²) in [5, 5.41) is 4.26. The Balaban J connectivity index is 1.47. The zero-order valence-corrected chi connectivity index (χ0v) is 17.5. The van der Waals surface area contributed by atoms with Gasteiger partial charge in [-0.3, -0.25) is 4.79 Å². The van der Waals surface area contributed by atoms with E-state index in [9.17, 15) is 4.79 Å². The van der Waals surface area contributed by atoms with Crippen LogP contribution in [0.25, 0.3) is 0 Å². The van der Waals surface area contributed by atoms with Gasteiger partial charge in [-0.2, -0.15) is 0 Å². The minimum atomic E-state index is -0.259. The van der Waals surface area contributed by atoms with Crippen LogP contribution >= 0.6 is 0 Å². The quantitative estimate of drug-likeness (QED) is 0.548. The first-order chi connectivity index (χ1) is 15.2. The second-order valence-corrected chi connectivity index (χ2v) is 7.19. The third kappa shape index (κ3) is 4.71. The van der Waals surface area contributed by atoms with Gasteiger partial charge in [0, 0.05) is 18.5 Å². The second kappa shape index (κ2) is 9.38. The van der Waals surface area contributed by atoms with E-state index in [-0.39, 0.29) is 12.0 Å². The van der Waals surface area contributed by atoms with Crippen LogP contribution < -0.4 is 9.47 Å². The van der Waals surface area contributed by atoms with Crippen molar-refractivity contribution in [3.8, 4) is 11.5 Å². The summed E-state index contributed by atoms with van der Waals surface area (Å²) in [4.78, 5) is 20.4. The highest BCUT2D eigenvalue weighted by molar-refractivity contribution is 6.01. The molecule has 7 heteroatoms. The Morgan fingerprint density at radius 2 is 1.87 bits per heavy atom. The maximum absolute atomic E-state index is 13.0. The Labute approximate surface area is 180 Å². The second-order valence-electron chi connectivity index (χ2n) is 7.19. The van der Waals surface area contributed by atoms with Crippen molar-refractivity contribution in [1.82, 2.24) is 4.90 Å². The van der Waals surface area contributed by atoms with Crippen molar-refractivity contribution in [3.63, 3.8) is 0 Å². The average molecular weight is 420 g/mol. The van der Waals surface area contributed by atoms with E-state index in [1.54, 1.807) is 31.3 Å². The first-order valence-electron chi connectivity index (χ1n) is 9.99. The van der Waals surface area contributed by atoms with Gasteiger partial charge in [0.05, 0.1) is 32.7 Å². The van der Waals surface area contributed by atoms with Crippen molar-refractivity contribution >= 4 is 11.6 Å². The maximum Gasteiger partial charge on any atom is 0.289 e. The minimum Gasteiger partial charge on any atom is -0.493 e. The normalized spacial score (nSPS) is 15.2. The van der Waals surface area contributed by atoms with Crippen LogP contribution in [0.2, 0.25) is 0 Å². The fourth-order valence-electron chi connectivity index (χ4n) is 3.54. The van der Waals surface area contributed by atoms with Crippen LogP contribution in [0, 0.1) is 0 Å². The largest absolute Gasteiger partial charge is 0.493 e. The van der Waals surface area contributed by atoms with Crippen molar-refractivity contribution in [3.05, 3.63) is 83.8 Å². The van der Waals surface area contributed by atoms with Crippen LogP contribution in [0.1, 0.15) is 28.1 Å². The molecule has 0 N–H and O–H groups in total. The molecule has 7 nitrogen and oxygen atoms in total. The summed E-state index contributed by atoms with van der Waals surface area (Å²) < 4.78 is 16.0. The summed E-state index contributed by atoms with van der Waals surface area (Å²) in [5.41, 5.74) is 2.73. The predicted octanol–water partition coefficient (Wildman–Crippen LogP) is 4.13. The number of benzene rings is 2. The fourth-order valence-corrected chi connectivity index (χ4v) is 3.54. The molecule has 0 bridgehead atoms. The van der Waals surface area contributed by atoms with Crippen LogP contribution in [-0.4, -0.2) is 43.4 Å². The van der Waals surface area contributed by atoms with Crippen molar-refractivity contribution < 1.29 is 23.5 Å². The van der Waals surface area contributed by atoms with E-state index >= 15 is 0 Å². The van der Waals surface area contributed by atoms with Crippen molar-refractivity contribution in [2.24, 2.45) is 5.16 Å². The number of rotatable bonds is 8. The highest BCUT2D eigenvalue weighted by Gasteiger charge is 2.28. The van der Waals surface area contributed by atoms with Gasteiger partial charge < -0.3 is 23.6 Å². The Morgan fingerprint density at radius 3 is 2.58 bits per heavy atom. The Morgan fingerprint density at radius 1 is 1.06 bits per heavy atom.